The zero-order chi connectivity index (χ0) is 13.7. The van der Waals surface area contributed by atoms with Crippen LogP contribution in [0.15, 0.2) is 18.2 Å². The van der Waals surface area contributed by atoms with Gasteiger partial charge in [0.1, 0.15) is 5.82 Å². The zero-order valence-corrected chi connectivity index (χ0v) is 12.7. The van der Waals surface area contributed by atoms with Gasteiger partial charge < -0.3 is 5.32 Å². The molecule has 2 unspecified atom stereocenters. The molecule has 1 aromatic rings. The van der Waals surface area contributed by atoms with Crippen molar-refractivity contribution in [3.8, 4) is 0 Å². The van der Waals surface area contributed by atoms with Gasteiger partial charge in [0, 0.05) is 11.3 Å². The summed E-state index contributed by atoms with van der Waals surface area (Å²) in [4.78, 5) is 0. The highest BCUT2D eigenvalue weighted by atomic mass is 32.2. The number of rotatable bonds is 5. The van der Waals surface area contributed by atoms with E-state index < -0.39 is 0 Å². The van der Waals surface area contributed by atoms with E-state index in [0.29, 0.717) is 11.3 Å². The third kappa shape index (κ3) is 4.22. The molecule has 2 rings (SSSR count). The van der Waals surface area contributed by atoms with Crippen LogP contribution in [-0.4, -0.2) is 17.5 Å². The summed E-state index contributed by atoms with van der Waals surface area (Å²) in [7, 11) is 0. The summed E-state index contributed by atoms with van der Waals surface area (Å²) in [6, 6.07) is 5.73. The molecule has 106 valence electrons. The number of hydrogen-bond donors (Lipinski definition) is 1. The lowest BCUT2D eigenvalue weighted by Gasteiger charge is -2.31. The summed E-state index contributed by atoms with van der Waals surface area (Å²) in [6.07, 6.45) is 4.98. The maximum atomic E-state index is 13.6. The molecule has 0 aromatic heterocycles. The average Bonchev–Trinajstić information content (AvgIpc) is 2.39. The van der Waals surface area contributed by atoms with Crippen molar-refractivity contribution >= 4 is 11.8 Å². The summed E-state index contributed by atoms with van der Waals surface area (Å²) in [5.41, 5.74) is 2.13. The summed E-state index contributed by atoms with van der Waals surface area (Å²) in [6.45, 7) is 5.14. The summed E-state index contributed by atoms with van der Waals surface area (Å²) < 4.78 is 13.6. The molecule has 0 aliphatic carbocycles. The van der Waals surface area contributed by atoms with Crippen molar-refractivity contribution in [3.05, 3.63) is 35.1 Å². The van der Waals surface area contributed by atoms with E-state index in [2.05, 4.69) is 18.3 Å². The molecular weight excluding hydrogens is 257 g/mol. The molecule has 1 saturated heterocycles. The van der Waals surface area contributed by atoms with E-state index in [0.717, 1.165) is 24.1 Å². The largest absolute Gasteiger partial charge is 0.309 e. The van der Waals surface area contributed by atoms with Crippen LogP contribution in [0.4, 0.5) is 4.39 Å². The van der Waals surface area contributed by atoms with Gasteiger partial charge in [0.05, 0.1) is 0 Å². The Morgan fingerprint density at radius 2 is 2.21 bits per heavy atom. The van der Waals surface area contributed by atoms with Crippen LogP contribution < -0.4 is 5.32 Å². The Bertz CT molecular complexity index is 381. The fraction of sp³-hybridized carbons (Fsp3) is 0.625. The number of nitrogens with one attached hydrogen (secondary N) is 1. The van der Waals surface area contributed by atoms with Crippen molar-refractivity contribution in [2.45, 2.75) is 50.8 Å². The minimum atomic E-state index is -0.112. The number of aryl methyl sites for hydroxylation is 1. The summed E-state index contributed by atoms with van der Waals surface area (Å²) >= 11 is 2.04. The Morgan fingerprint density at radius 1 is 1.37 bits per heavy atom. The number of hydrogen-bond acceptors (Lipinski definition) is 2. The van der Waals surface area contributed by atoms with E-state index in [1.807, 2.05) is 18.7 Å². The van der Waals surface area contributed by atoms with Gasteiger partial charge in [0.15, 0.2) is 0 Å². The van der Waals surface area contributed by atoms with Crippen LogP contribution in [0.2, 0.25) is 0 Å². The SMILES string of the molecule is CCCNC(c1cc(C)cc(F)c1)C1CCCCS1. The van der Waals surface area contributed by atoms with E-state index in [1.165, 1.54) is 25.0 Å². The highest BCUT2D eigenvalue weighted by Gasteiger charge is 2.25. The Kier molecular flexibility index (Phi) is 5.71. The highest BCUT2D eigenvalue weighted by molar-refractivity contribution is 8.00. The molecule has 1 heterocycles. The molecule has 1 nitrogen and oxygen atoms in total. The fourth-order valence-corrected chi connectivity index (χ4v) is 4.19. The number of thioether (sulfide) groups is 1. The van der Waals surface area contributed by atoms with Crippen molar-refractivity contribution in [2.24, 2.45) is 0 Å². The first-order valence-electron chi connectivity index (χ1n) is 7.33. The molecule has 1 N–H and O–H groups in total. The van der Waals surface area contributed by atoms with Gasteiger partial charge in [-0.05, 0) is 61.7 Å². The molecule has 2 atom stereocenters. The molecule has 1 aliphatic heterocycles. The minimum absolute atomic E-state index is 0.112. The Hall–Kier alpha value is -0.540. The van der Waals surface area contributed by atoms with E-state index in [9.17, 15) is 4.39 Å². The molecule has 0 amide bonds. The highest BCUT2D eigenvalue weighted by Crippen LogP contribution is 2.35. The fourth-order valence-electron chi connectivity index (χ4n) is 2.74. The molecule has 19 heavy (non-hydrogen) atoms. The second-order valence-electron chi connectivity index (χ2n) is 5.40. The number of benzene rings is 1. The Balaban J connectivity index is 2.19. The van der Waals surface area contributed by atoms with Crippen LogP contribution in [-0.2, 0) is 0 Å². The van der Waals surface area contributed by atoms with Gasteiger partial charge in [0.25, 0.3) is 0 Å². The maximum absolute atomic E-state index is 13.6. The monoisotopic (exact) mass is 281 g/mol. The zero-order valence-electron chi connectivity index (χ0n) is 11.9. The van der Waals surface area contributed by atoms with Crippen LogP contribution in [0.1, 0.15) is 49.8 Å². The van der Waals surface area contributed by atoms with Crippen molar-refractivity contribution in [2.75, 3.05) is 12.3 Å². The summed E-state index contributed by atoms with van der Waals surface area (Å²) in [5.74, 6) is 1.13. The van der Waals surface area contributed by atoms with Gasteiger partial charge in [-0.15, -0.1) is 0 Å². The van der Waals surface area contributed by atoms with Crippen LogP contribution in [0.5, 0.6) is 0 Å². The maximum Gasteiger partial charge on any atom is 0.123 e. The van der Waals surface area contributed by atoms with Crippen molar-refractivity contribution < 1.29 is 4.39 Å². The molecule has 1 aliphatic rings. The van der Waals surface area contributed by atoms with Gasteiger partial charge >= 0.3 is 0 Å². The lowest BCUT2D eigenvalue weighted by atomic mass is 9.97. The molecule has 0 radical (unpaired) electrons. The molecule has 0 bridgehead atoms. The summed E-state index contributed by atoms with van der Waals surface area (Å²) in [5, 5.41) is 4.21. The van der Waals surface area contributed by atoms with Crippen LogP contribution in [0, 0.1) is 12.7 Å². The van der Waals surface area contributed by atoms with Gasteiger partial charge in [-0.3, -0.25) is 0 Å². The van der Waals surface area contributed by atoms with Crippen molar-refractivity contribution in [3.63, 3.8) is 0 Å². The van der Waals surface area contributed by atoms with Gasteiger partial charge in [-0.1, -0.05) is 19.4 Å². The molecular formula is C16H24FNS. The van der Waals surface area contributed by atoms with E-state index in [1.54, 1.807) is 12.1 Å². The predicted octanol–water partition coefficient (Wildman–Crippen LogP) is 4.46. The van der Waals surface area contributed by atoms with Crippen LogP contribution >= 0.6 is 11.8 Å². The molecule has 1 aromatic carbocycles. The average molecular weight is 281 g/mol. The molecule has 1 fully saturated rings. The topological polar surface area (TPSA) is 12.0 Å². The predicted molar refractivity (Wildman–Crippen MR) is 82.3 cm³/mol. The van der Waals surface area contributed by atoms with E-state index in [4.69, 9.17) is 0 Å². The normalized spacial score (nSPS) is 21.3. The lowest BCUT2D eigenvalue weighted by molar-refractivity contribution is 0.476. The third-order valence-electron chi connectivity index (χ3n) is 3.62. The van der Waals surface area contributed by atoms with E-state index >= 15 is 0 Å². The van der Waals surface area contributed by atoms with E-state index in [-0.39, 0.29) is 5.82 Å². The molecule has 0 saturated carbocycles. The quantitative estimate of drug-likeness (QED) is 0.855. The van der Waals surface area contributed by atoms with Crippen molar-refractivity contribution in [1.29, 1.82) is 0 Å². The second kappa shape index (κ2) is 7.30. The molecule has 0 spiro atoms. The Morgan fingerprint density at radius 3 is 2.84 bits per heavy atom. The first-order valence-corrected chi connectivity index (χ1v) is 8.37. The van der Waals surface area contributed by atoms with Crippen LogP contribution in [0.3, 0.4) is 0 Å². The standard InChI is InChI=1S/C16H24FNS/c1-3-7-18-16(15-6-4-5-8-19-15)13-9-12(2)10-14(17)11-13/h9-11,15-16,18H,3-8H2,1-2H3. The van der Waals surface area contributed by atoms with Crippen LogP contribution in [0.25, 0.3) is 0 Å². The Labute approximate surface area is 120 Å². The number of halogens is 1. The molecule has 3 heteroatoms. The van der Waals surface area contributed by atoms with Gasteiger partial charge in [-0.2, -0.15) is 11.8 Å². The van der Waals surface area contributed by atoms with Gasteiger partial charge in [-0.25, -0.2) is 4.39 Å². The smallest absolute Gasteiger partial charge is 0.123 e. The lowest BCUT2D eigenvalue weighted by Crippen LogP contribution is -2.32. The first kappa shape index (κ1) is 14.9. The second-order valence-corrected chi connectivity index (χ2v) is 6.75. The van der Waals surface area contributed by atoms with Gasteiger partial charge in [0.2, 0.25) is 0 Å². The first-order chi connectivity index (χ1) is 9.20. The minimum Gasteiger partial charge on any atom is -0.309 e. The third-order valence-corrected chi connectivity index (χ3v) is 5.08. The van der Waals surface area contributed by atoms with Crippen molar-refractivity contribution in [1.82, 2.24) is 5.32 Å².